The van der Waals surface area contributed by atoms with Gasteiger partial charge in [0.15, 0.2) is 0 Å². The Kier molecular flexibility index (Phi) is 5.01. The summed E-state index contributed by atoms with van der Waals surface area (Å²) in [6, 6.07) is 9.77. The van der Waals surface area contributed by atoms with Gasteiger partial charge in [-0.2, -0.15) is 0 Å². The van der Waals surface area contributed by atoms with Gasteiger partial charge < -0.3 is 15.4 Å². The third kappa shape index (κ3) is 3.99. The minimum absolute atomic E-state index is 0.0922. The Labute approximate surface area is 122 Å². The third-order valence-electron chi connectivity index (χ3n) is 2.79. The number of carbonyl (C=O) groups is 1. The maximum Gasteiger partial charge on any atom is 0.221 e. The number of benzene rings is 1. The molecule has 0 aliphatic heterocycles. The number of thiophene rings is 1. The molecule has 0 radical (unpaired) electrons. The quantitative estimate of drug-likeness (QED) is 0.857. The highest BCUT2D eigenvalue weighted by Crippen LogP contribution is 2.28. The van der Waals surface area contributed by atoms with Crippen LogP contribution in [0, 0.1) is 0 Å². The molecule has 0 aliphatic carbocycles. The van der Waals surface area contributed by atoms with E-state index in [2.05, 4.69) is 28.1 Å². The average Bonchev–Trinajstić information content (AvgIpc) is 2.92. The molecule has 0 bridgehead atoms. The first-order valence-corrected chi connectivity index (χ1v) is 7.29. The summed E-state index contributed by atoms with van der Waals surface area (Å²) in [6.45, 7) is 2.33. The topological polar surface area (TPSA) is 50.4 Å². The second kappa shape index (κ2) is 6.96. The zero-order valence-electron chi connectivity index (χ0n) is 11.6. The predicted molar refractivity (Wildman–Crippen MR) is 83.8 cm³/mol. The fraction of sp³-hybridized carbons (Fsp3) is 0.267. The van der Waals surface area contributed by atoms with Crippen LogP contribution in [0.15, 0.2) is 35.7 Å². The van der Waals surface area contributed by atoms with Crippen LogP contribution in [0.3, 0.4) is 0 Å². The van der Waals surface area contributed by atoms with E-state index in [0.29, 0.717) is 0 Å². The largest absolute Gasteiger partial charge is 0.495 e. The van der Waals surface area contributed by atoms with Crippen LogP contribution in [0.4, 0.5) is 11.4 Å². The molecule has 1 heterocycles. The Bertz CT molecular complexity index is 567. The standard InChI is InChI=1S/C15H18N2O2S/c1-11(18)17-12-5-6-14(15(10-12)19-2)16-8-7-13-4-3-9-20-13/h3-6,9-10,16H,7-8H2,1-2H3,(H,17,18). The molecular formula is C15H18N2O2S. The van der Waals surface area contributed by atoms with Crippen molar-refractivity contribution >= 4 is 28.6 Å². The highest BCUT2D eigenvalue weighted by molar-refractivity contribution is 7.09. The Balaban J connectivity index is 1.98. The molecule has 1 aromatic carbocycles. The molecule has 0 fully saturated rings. The van der Waals surface area contributed by atoms with E-state index in [-0.39, 0.29) is 5.91 Å². The van der Waals surface area contributed by atoms with Crippen molar-refractivity contribution in [2.24, 2.45) is 0 Å². The van der Waals surface area contributed by atoms with Gasteiger partial charge in [-0.3, -0.25) is 4.79 Å². The molecule has 0 saturated carbocycles. The van der Waals surface area contributed by atoms with Crippen LogP contribution in [0.1, 0.15) is 11.8 Å². The van der Waals surface area contributed by atoms with Crippen LogP contribution in [0.25, 0.3) is 0 Å². The molecule has 1 aromatic heterocycles. The number of anilines is 2. The second-order valence-electron chi connectivity index (χ2n) is 4.35. The number of methoxy groups -OCH3 is 1. The van der Waals surface area contributed by atoms with Crippen molar-refractivity contribution < 1.29 is 9.53 Å². The third-order valence-corrected chi connectivity index (χ3v) is 3.73. The zero-order valence-corrected chi connectivity index (χ0v) is 12.4. The Morgan fingerprint density at radius 1 is 1.35 bits per heavy atom. The van der Waals surface area contributed by atoms with Gasteiger partial charge in [-0.25, -0.2) is 0 Å². The maximum atomic E-state index is 11.0. The van der Waals surface area contributed by atoms with Crippen molar-refractivity contribution in [3.05, 3.63) is 40.6 Å². The Morgan fingerprint density at radius 2 is 2.20 bits per heavy atom. The van der Waals surface area contributed by atoms with Gasteiger partial charge in [-0.05, 0) is 30.0 Å². The number of hydrogen-bond acceptors (Lipinski definition) is 4. The lowest BCUT2D eigenvalue weighted by Gasteiger charge is -2.12. The van der Waals surface area contributed by atoms with Crippen LogP contribution >= 0.6 is 11.3 Å². The number of hydrogen-bond donors (Lipinski definition) is 2. The average molecular weight is 290 g/mol. The van der Waals surface area contributed by atoms with E-state index in [9.17, 15) is 4.79 Å². The summed E-state index contributed by atoms with van der Waals surface area (Å²) in [4.78, 5) is 12.4. The number of carbonyl (C=O) groups excluding carboxylic acids is 1. The maximum absolute atomic E-state index is 11.0. The molecule has 0 aliphatic rings. The number of rotatable bonds is 6. The van der Waals surface area contributed by atoms with Crippen molar-refractivity contribution in [2.75, 3.05) is 24.3 Å². The number of nitrogens with one attached hydrogen (secondary N) is 2. The lowest BCUT2D eigenvalue weighted by Crippen LogP contribution is -2.08. The first-order chi connectivity index (χ1) is 9.69. The minimum atomic E-state index is -0.0922. The predicted octanol–water partition coefficient (Wildman–Crippen LogP) is 3.37. The van der Waals surface area contributed by atoms with Gasteiger partial charge in [0.1, 0.15) is 5.75 Å². The SMILES string of the molecule is COc1cc(NC(C)=O)ccc1NCCc1cccs1. The zero-order chi connectivity index (χ0) is 14.4. The lowest BCUT2D eigenvalue weighted by atomic mass is 10.2. The summed E-state index contributed by atoms with van der Waals surface area (Å²) < 4.78 is 5.34. The molecule has 0 saturated heterocycles. The van der Waals surface area contributed by atoms with Crippen molar-refractivity contribution in [1.29, 1.82) is 0 Å². The van der Waals surface area contributed by atoms with Gasteiger partial charge in [0.2, 0.25) is 5.91 Å². The van der Waals surface area contributed by atoms with Gasteiger partial charge >= 0.3 is 0 Å². The molecule has 106 valence electrons. The van der Waals surface area contributed by atoms with Gasteiger partial charge in [0.05, 0.1) is 12.8 Å². The van der Waals surface area contributed by atoms with Crippen LogP contribution < -0.4 is 15.4 Å². The highest BCUT2D eigenvalue weighted by atomic mass is 32.1. The van der Waals surface area contributed by atoms with Crippen molar-refractivity contribution in [1.82, 2.24) is 0 Å². The van der Waals surface area contributed by atoms with Crippen LogP contribution in [0.2, 0.25) is 0 Å². The van der Waals surface area contributed by atoms with E-state index in [1.807, 2.05) is 18.2 Å². The van der Waals surface area contributed by atoms with E-state index in [0.717, 1.165) is 30.1 Å². The fourth-order valence-electron chi connectivity index (χ4n) is 1.89. The smallest absolute Gasteiger partial charge is 0.221 e. The summed E-state index contributed by atoms with van der Waals surface area (Å²) >= 11 is 1.76. The number of ether oxygens (including phenoxy) is 1. The molecule has 20 heavy (non-hydrogen) atoms. The highest BCUT2D eigenvalue weighted by Gasteiger charge is 2.05. The fourth-order valence-corrected chi connectivity index (χ4v) is 2.60. The van der Waals surface area contributed by atoms with Gasteiger partial charge in [0.25, 0.3) is 0 Å². The van der Waals surface area contributed by atoms with Gasteiger partial charge in [-0.15, -0.1) is 11.3 Å². The molecule has 1 amide bonds. The minimum Gasteiger partial charge on any atom is -0.495 e. The van der Waals surface area contributed by atoms with E-state index < -0.39 is 0 Å². The van der Waals surface area contributed by atoms with Crippen molar-refractivity contribution in [3.8, 4) is 5.75 Å². The van der Waals surface area contributed by atoms with E-state index >= 15 is 0 Å². The number of amides is 1. The summed E-state index contributed by atoms with van der Waals surface area (Å²) in [5.41, 5.74) is 1.66. The van der Waals surface area contributed by atoms with Gasteiger partial charge in [-0.1, -0.05) is 6.07 Å². The second-order valence-corrected chi connectivity index (χ2v) is 5.38. The van der Waals surface area contributed by atoms with E-state index in [1.54, 1.807) is 18.4 Å². The first-order valence-electron chi connectivity index (χ1n) is 6.41. The summed E-state index contributed by atoms with van der Waals surface area (Å²) in [7, 11) is 1.62. The summed E-state index contributed by atoms with van der Waals surface area (Å²) in [5.74, 6) is 0.632. The van der Waals surface area contributed by atoms with Gasteiger partial charge in [0, 0.05) is 30.1 Å². The van der Waals surface area contributed by atoms with Crippen LogP contribution in [0.5, 0.6) is 5.75 Å². The molecule has 0 spiro atoms. The van der Waals surface area contributed by atoms with Crippen LogP contribution in [-0.2, 0) is 11.2 Å². The van der Waals surface area contributed by atoms with Crippen molar-refractivity contribution in [2.45, 2.75) is 13.3 Å². The van der Waals surface area contributed by atoms with E-state index in [1.165, 1.54) is 11.8 Å². The van der Waals surface area contributed by atoms with E-state index in [4.69, 9.17) is 4.74 Å². The van der Waals surface area contributed by atoms with Crippen LogP contribution in [-0.4, -0.2) is 19.6 Å². The molecule has 5 heteroatoms. The summed E-state index contributed by atoms with van der Waals surface area (Å²) in [6.07, 6.45) is 0.980. The molecule has 4 nitrogen and oxygen atoms in total. The molecule has 2 rings (SSSR count). The Morgan fingerprint density at radius 3 is 2.85 bits per heavy atom. The monoisotopic (exact) mass is 290 g/mol. The molecular weight excluding hydrogens is 272 g/mol. The Hall–Kier alpha value is -2.01. The molecule has 2 N–H and O–H groups in total. The summed E-state index contributed by atoms with van der Waals surface area (Å²) in [5, 5.41) is 8.17. The molecule has 0 atom stereocenters. The first kappa shape index (κ1) is 14.4. The normalized spacial score (nSPS) is 10.1. The molecule has 2 aromatic rings. The molecule has 0 unspecified atom stereocenters. The lowest BCUT2D eigenvalue weighted by molar-refractivity contribution is -0.114. The van der Waals surface area contributed by atoms with Crippen molar-refractivity contribution in [3.63, 3.8) is 0 Å².